The van der Waals surface area contributed by atoms with Gasteiger partial charge >= 0.3 is 0 Å². The van der Waals surface area contributed by atoms with Crippen LogP contribution in [0, 0.1) is 6.92 Å². The number of anilines is 2. The summed E-state index contributed by atoms with van der Waals surface area (Å²) in [5.74, 6) is 2.65. The Hall–Kier alpha value is -2.10. The molecule has 0 radical (unpaired) electrons. The topological polar surface area (TPSA) is 110 Å². The van der Waals surface area contributed by atoms with E-state index >= 15 is 0 Å². The van der Waals surface area contributed by atoms with Crippen LogP contribution in [0.2, 0.25) is 0 Å². The summed E-state index contributed by atoms with van der Waals surface area (Å²) in [6, 6.07) is 5.60. The molecule has 24 heavy (non-hydrogen) atoms. The van der Waals surface area contributed by atoms with Gasteiger partial charge in [-0.25, -0.2) is 19.3 Å². The van der Waals surface area contributed by atoms with Crippen molar-refractivity contribution in [2.45, 2.75) is 29.9 Å². The lowest BCUT2D eigenvalue weighted by Crippen LogP contribution is -2.00. The third kappa shape index (κ3) is 3.10. The first-order valence-corrected chi connectivity index (χ1v) is 9.55. The predicted molar refractivity (Wildman–Crippen MR) is 94.5 cm³/mol. The van der Waals surface area contributed by atoms with Gasteiger partial charge in [-0.2, -0.15) is 5.10 Å². The van der Waals surface area contributed by atoms with Gasteiger partial charge in [0.15, 0.2) is 11.6 Å². The number of aromatic nitrogens is 4. The van der Waals surface area contributed by atoms with Crippen molar-refractivity contribution in [1.29, 1.82) is 0 Å². The Balaban J connectivity index is 1.61. The fourth-order valence-electron chi connectivity index (χ4n) is 2.36. The first kappa shape index (κ1) is 15.4. The van der Waals surface area contributed by atoms with E-state index in [1.54, 1.807) is 12.3 Å². The summed E-state index contributed by atoms with van der Waals surface area (Å²) in [5, 5.41) is 16.0. The van der Waals surface area contributed by atoms with Crippen molar-refractivity contribution in [1.82, 2.24) is 20.2 Å². The number of hydrogen-bond donors (Lipinski definition) is 3. The molecule has 124 valence electrons. The number of aromatic amines is 1. The molecule has 1 aliphatic rings. The van der Waals surface area contributed by atoms with Gasteiger partial charge in [-0.1, -0.05) is 0 Å². The van der Waals surface area contributed by atoms with Gasteiger partial charge in [0.05, 0.1) is 4.88 Å². The highest BCUT2D eigenvalue weighted by Gasteiger charge is 2.25. The molecule has 4 N–H and O–H groups in total. The molecule has 4 rings (SSSR count). The highest BCUT2D eigenvalue weighted by molar-refractivity contribution is 7.85. The van der Waals surface area contributed by atoms with Crippen LogP contribution in [-0.2, 0) is 11.0 Å². The quantitative estimate of drug-likeness (QED) is 0.648. The van der Waals surface area contributed by atoms with Gasteiger partial charge in [-0.15, -0.1) is 11.3 Å². The smallest absolute Gasteiger partial charge is 0.171 e. The van der Waals surface area contributed by atoms with E-state index in [0.29, 0.717) is 21.8 Å². The van der Waals surface area contributed by atoms with Crippen molar-refractivity contribution in [3.05, 3.63) is 35.7 Å². The Morgan fingerprint density at radius 3 is 2.96 bits per heavy atom. The lowest BCUT2D eigenvalue weighted by Gasteiger charge is -2.06. The number of thiophene rings is 1. The first-order valence-electron chi connectivity index (χ1n) is 7.52. The van der Waals surface area contributed by atoms with Crippen LogP contribution in [-0.4, -0.2) is 24.4 Å². The van der Waals surface area contributed by atoms with Crippen LogP contribution in [0.5, 0.6) is 0 Å². The average molecular weight is 360 g/mol. The van der Waals surface area contributed by atoms with E-state index in [1.807, 2.05) is 19.1 Å². The molecule has 1 aliphatic carbocycles. The fraction of sp³-hybridized carbons (Fsp3) is 0.267. The van der Waals surface area contributed by atoms with Crippen LogP contribution in [0.4, 0.5) is 11.6 Å². The van der Waals surface area contributed by atoms with Gasteiger partial charge in [0, 0.05) is 29.4 Å². The number of nitrogens with one attached hydrogen (secondary N) is 2. The normalized spacial score (nSPS) is 15.4. The molecule has 7 nitrogen and oxygen atoms in total. The molecule has 1 atom stereocenters. The first-order chi connectivity index (χ1) is 11.6. The lowest BCUT2D eigenvalue weighted by atomic mass is 10.3. The standard InChI is InChI=1S/C15H16N6OS2/c1-8-7-17-15(11-4-5-13(23-11)24(16)22)19-14(8)18-12-6-10(20-21-12)9-2-3-9/h4-7,9H,2-3,16H2,1H3,(H2,17,18,19,20,21). The largest absolute Gasteiger partial charge is 0.323 e. The average Bonchev–Trinajstić information content (AvgIpc) is 3.10. The maximum absolute atomic E-state index is 11.3. The molecule has 0 bridgehead atoms. The molecule has 3 heterocycles. The molecule has 0 saturated heterocycles. The van der Waals surface area contributed by atoms with Crippen LogP contribution in [0.25, 0.3) is 10.7 Å². The van der Waals surface area contributed by atoms with Gasteiger partial charge in [0.1, 0.15) is 21.0 Å². The number of nitrogens with two attached hydrogens (primary N) is 1. The Labute approximate surface area is 145 Å². The maximum atomic E-state index is 11.3. The Bertz CT molecular complexity index is 914. The van der Waals surface area contributed by atoms with E-state index in [-0.39, 0.29) is 0 Å². The van der Waals surface area contributed by atoms with Gasteiger partial charge in [0.2, 0.25) is 0 Å². The van der Waals surface area contributed by atoms with E-state index in [4.69, 9.17) is 5.14 Å². The summed E-state index contributed by atoms with van der Waals surface area (Å²) < 4.78 is 12.0. The summed E-state index contributed by atoms with van der Waals surface area (Å²) in [5.41, 5.74) is 2.09. The molecule has 1 fully saturated rings. The fourth-order valence-corrected chi connectivity index (χ4v) is 3.84. The highest BCUT2D eigenvalue weighted by Crippen LogP contribution is 2.39. The van der Waals surface area contributed by atoms with Crippen LogP contribution in [0.15, 0.2) is 28.6 Å². The summed E-state index contributed by atoms with van der Waals surface area (Å²) in [6.45, 7) is 1.94. The van der Waals surface area contributed by atoms with Gasteiger partial charge in [0.25, 0.3) is 0 Å². The summed E-state index contributed by atoms with van der Waals surface area (Å²) in [6.07, 6.45) is 4.21. The second kappa shape index (κ2) is 6.08. The maximum Gasteiger partial charge on any atom is 0.171 e. The number of hydrogen-bond acceptors (Lipinski definition) is 6. The Morgan fingerprint density at radius 2 is 2.25 bits per heavy atom. The highest BCUT2D eigenvalue weighted by atomic mass is 32.2. The van der Waals surface area contributed by atoms with Crippen LogP contribution in [0.3, 0.4) is 0 Å². The van der Waals surface area contributed by atoms with Crippen molar-refractivity contribution in [3.63, 3.8) is 0 Å². The minimum Gasteiger partial charge on any atom is -0.323 e. The van der Waals surface area contributed by atoms with Crippen LogP contribution < -0.4 is 10.5 Å². The van der Waals surface area contributed by atoms with Crippen molar-refractivity contribution in [2.75, 3.05) is 5.32 Å². The van der Waals surface area contributed by atoms with Gasteiger partial charge in [-0.05, 0) is 31.9 Å². The molecule has 0 spiro atoms. The van der Waals surface area contributed by atoms with Crippen LogP contribution >= 0.6 is 11.3 Å². The van der Waals surface area contributed by atoms with Gasteiger partial charge < -0.3 is 5.32 Å². The SMILES string of the molecule is Cc1cnc(-c2ccc(S(N)=O)s2)nc1Nc1cc(C2CC2)[nH]n1. The molecular formula is C15H16N6OS2. The second-order valence-corrected chi connectivity index (χ2v) is 8.13. The molecule has 0 aromatic carbocycles. The summed E-state index contributed by atoms with van der Waals surface area (Å²) in [4.78, 5) is 9.76. The molecule has 9 heteroatoms. The van der Waals surface area contributed by atoms with E-state index < -0.39 is 11.0 Å². The van der Waals surface area contributed by atoms with E-state index in [9.17, 15) is 4.21 Å². The number of aryl methyl sites for hydroxylation is 1. The lowest BCUT2D eigenvalue weighted by molar-refractivity contribution is 0.685. The zero-order chi connectivity index (χ0) is 16.7. The third-order valence-corrected chi connectivity index (χ3v) is 5.98. The molecule has 0 amide bonds. The Morgan fingerprint density at radius 1 is 1.42 bits per heavy atom. The predicted octanol–water partition coefficient (Wildman–Crippen LogP) is 2.84. The van der Waals surface area contributed by atoms with E-state index in [2.05, 4.69) is 25.5 Å². The zero-order valence-electron chi connectivity index (χ0n) is 12.9. The Kier molecular flexibility index (Phi) is 3.91. The minimum absolute atomic E-state index is 0.572. The van der Waals surface area contributed by atoms with Crippen molar-refractivity contribution in [3.8, 4) is 10.7 Å². The zero-order valence-corrected chi connectivity index (χ0v) is 14.6. The molecule has 3 aromatic heterocycles. The van der Waals surface area contributed by atoms with Gasteiger partial charge in [-0.3, -0.25) is 5.10 Å². The van der Waals surface area contributed by atoms with E-state index in [1.165, 1.54) is 24.2 Å². The monoisotopic (exact) mass is 360 g/mol. The molecule has 1 saturated carbocycles. The second-order valence-electron chi connectivity index (χ2n) is 5.75. The molecule has 1 unspecified atom stereocenters. The minimum atomic E-state index is -1.49. The van der Waals surface area contributed by atoms with Crippen molar-refractivity contribution in [2.24, 2.45) is 5.14 Å². The number of nitrogens with zero attached hydrogens (tertiary/aromatic N) is 3. The molecule has 0 aliphatic heterocycles. The van der Waals surface area contributed by atoms with Crippen molar-refractivity contribution < 1.29 is 4.21 Å². The number of rotatable bonds is 5. The van der Waals surface area contributed by atoms with Crippen LogP contribution in [0.1, 0.15) is 30.0 Å². The molecular weight excluding hydrogens is 344 g/mol. The summed E-state index contributed by atoms with van der Waals surface area (Å²) >= 11 is 1.33. The molecule has 3 aromatic rings. The van der Waals surface area contributed by atoms with Crippen molar-refractivity contribution >= 4 is 34.0 Å². The summed E-state index contributed by atoms with van der Waals surface area (Å²) in [7, 11) is -1.49. The third-order valence-electron chi connectivity index (χ3n) is 3.83. The van der Waals surface area contributed by atoms with E-state index in [0.717, 1.165) is 22.0 Å². The number of H-pyrrole nitrogens is 1.